The summed E-state index contributed by atoms with van der Waals surface area (Å²) in [7, 11) is 0. The lowest BCUT2D eigenvalue weighted by molar-refractivity contribution is 0.102. The van der Waals surface area contributed by atoms with E-state index < -0.39 is 0 Å². The number of hydrogen-bond acceptors (Lipinski definition) is 4. The lowest BCUT2D eigenvalue weighted by Crippen LogP contribution is -2.12. The molecule has 2 aromatic carbocycles. The molecule has 0 radical (unpaired) electrons. The van der Waals surface area contributed by atoms with Crippen LogP contribution in [0.1, 0.15) is 10.4 Å². The fraction of sp³-hybridized carbons (Fsp3) is 0. The van der Waals surface area contributed by atoms with Crippen molar-refractivity contribution in [2.24, 2.45) is 0 Å². The molecular weight excluding hydrogens is 432 g/mol. The second kappa shape index (κ2) is 10.2. The Hall–Kier alpha value is -2.18. The van der Waals surface area contributed by atoms with Crippen LogP contribution < -0.4 is 15.8 Å². The highest BCUT2D eigenvalue weighted by molar-refractivity contribution is 6.42. The monoisotopic (exact) mass is 445 g/mol. The Bertz CT molecular complexity index is 903. The smallest absolute Gasteiger partial charge is 0.255 e. The number of hydrogen-bond donors (Lipinski definition) is 2. The molecule has 5 nitrogen and oxygen atoms in total. The largest absolute Gasteiger partial charge is 0.439 e. The summed E-state index contributed by atoms with van der Waals surface area (Å²) in [6.45, 7) is 0. The van der Waals surface area contributed by atoms with E-state index in [1.165, 1.54) is 12.3 Å². The number of amides is 1. The minimum absolute atomic E-state index is 0. The number of anilines is 2. The van der Waals surface area contributed by atoms with E-state index >= 15 is 0 Å². The van der Waals surface area contributed by atoms with Crippen molar-refractivity contribution in [3.05, 3.63) is 76.4 Å². The highest BCUT2D eigenvalue weighted by atomic mass is 35.5. The molecule has 0 fully saturated rings. The number of nitrogen functional groups attached to an aromatic ring is 1. The lowest BCUT2D eigenvalue weighted by atomic mass is 10.2. The van der Waals surface area contributed by atoms with E-state index in [2.05, 4.69) is 10.3 Å². The fourth-order valence-corrected chi connectivity index (χ4v) is 2.31. The number of rotatable bonds is 4. The summed E-state index contributed by atoms with van der Waals surface area (Å²) in [6, 6.07) is 15.0. The van der Waals surface area contributed by atoms with Crippen LogP contribution in [0.5, 0.6) is 11.6 Å². The van der Waals surface area contributed by atoms with Crippen molar-refractivity contribution in [3.8, 4) is 11.6 Å². The number of nitrogens with zero attached hydrogens (tertiary/aromatic N) is 1. The Morgan fingerprint density at radius 2 is 1.67 bits per heavy atom. The van der Waals surface area contributed by atoms with Gasteiger partial charge in [-0.2, -0.15) is 0 Å². The molecule has 0 spiro atoms. The van der Waals surface area contributed by atoms with Crippen molar-refractivity contribution in [3.63, 3.8) is 0 Å². The van der Waals surface area contributed by atoms with Crippen molar-refractivity contribution in [1.29, 1.82) is 0 Å². The number of carbonyl (C=O) groups excluding carboxylic acids is 1. The van der Waals surface area contributed by atoms with E-state index in [0.717, 1.165) is 0 Å². The average Bonchev–Trinajstić information content (AvgIpc) is 2.61. The summed E-state index contributed by atoms with van der Waals surface area (Å²) in [5.41, 5.74) is 7.21. The highest BCUT2D eigenvalue weighted by Crippen LogP contribution is 2.24. The normalized spacial score (nSPS) is 9.56. The third-order valence-corrected chi connectivity index (χ3v) is 4.02. The molecule has 1 aromatic heterocycles. The summed E-state index contributed by atoms with van der Waals surface area (Å²) in [6.07, 6.45) is 1.50. The molecule has 1 heterocycles. The van der Waals surface area contributed by atoms with Gasteiger partial charge in [0.15, 0.2) is 0 Å². The van der Waals surface area contributed by atoms with Crippen LogP contribution in [0.3, 0.4) is 0 Å². The van der Waals surface area contributed by atoms with Crippen LogP contribution >= 0.6 is 48.0 Å². The summed E-state index contributed by atoms with van der Waals surface area (Å²) in [5.74, 6) is 0.708. The lowest BCUT2D eigenvalue weighted by Gasteiger charge is -2.08. The Morgan fingerprint density at radius 1 is 0.963 bits per heavy atom. The van der Waals surface area contributed by atoms with Gasteiger partial charge in [-0.1, -0.05) is 23.2 Å². The molecule has 0 aliphatic heterocycles. The molecule has 0 bridgehead atoms. The summed E-state index contributed by atoms with van der Waals surface area (Å²) < 4.78 is 5.60. The van der Waals surface area contributed by atoms with Crippen molar-refractivity contribution < 1.29 is 9.53 Å². The molecule has 142 valence electrons. The zero-order valence-electron chi connectivity index (χ0n) is 13.7. The molecule has 9 heteroatoms. The predicted octanol–water partition coefficient (Wildman–Crippen LogP) is 5.86. The Kier molecular flexibility index (Phi) is 8.66. The molecule has 0 saturated heterocycles. The van der Waals surface area contributed by atoms with Crippen LogP contribution in [0.15, 0.2) is 60.8 Å². The van der Waals surface area contributed by atoms with Crippen molar-refractivity contribution in [2.75, 3.05) is 11.1 Å². The molecule has 1 amide bonds. The molecule has 0 unspecified atom stereocenters. The van der Waals surface area contributed by atoms with Crippen molar-refractivity contribution >= 4 is 65.3 Å². The maximum atomic E-state index is 12.2. The molecule has 0 atom stereocenters. The molecule has 0 aliphatic carbocycles. The van der Waals surface area contributed by atoms with Crippen molar-refractivity contribution in [1.82, 2.24) is 4.98 Å². The van der Waals surface area contributed by atoms with Gasteiger partial charge < -0.3 is 15.8 Å². The third-order valence-electron chi connectivity index (χ3n) is 3.28. The van der Waals surface area contributed by atoms with E-state index in [-0.39, 0.29) is 30.7 Å². The average molecular weight is 447 g/mol. The predicted molar refractivity (Wildman–Crippen MR) is 114 cm³/mol. The van der Waals surface area contributed by atoms with Crippen LogP contribution in [0.25, 0.3) is 0 Å². The van der Waals surface area contributed by atoms with Gasteiger partial charge in [-0.15, -0.1) is 24.8 Å². The van der Waals surface area contributed by atoms with Gasteiger partial charge in [0.1, 0.15) is 5.75 Å². The topological polar surface area (TPSA) is 77.2 Å². The second-order valence-corrected chi connectivity index (χ2v) is 5.95. The van der Waals surface area contributed by atoms with Crippen LogP contribution in [-0.4, -0.2) is 10.9 Å². The van der Waals surface area contributed by atoms with Gasteiger partial charge in [-0.25, -0.2) is 4.98 Å². The van der Waals surface area contributed by atoms with E-state index in [0.29, 0.717) is 38.6 Å². The third kappa shape index (κ3) is 6.19. The number of nitrogens with two attached hydrogens (primary N) is 1. The minimum atomic E-state index is -0.312. The zero-order valence-corrected chi connectivity index (χ0v) is 16.8. The van der Waals surface area contributed by atoms with Crippen LogP contribution in [0.4, 0.5) is 11.4 Å². The fourth-order valence-electron chi connectivity index (χ4n) is 2.01. The maximum absolute atomic E-state index is 12.2. The number of carbonyl (C=O) groups is 1. The van der Waals surface area contributed by atoms with Gasteiger partial charge in [0.25, 0.3) is 5.91 Å². The molecule has 3 N–H and O–H groups in total. The first-order valence-corrected chi connectivity index (χ1v) is 8.03. The molecule has 0 aliphatic rings. The maximum Gasteiger partial charge on any atom is 0.255 e. The van der Waals surface area contributed by atoms with Gasteiger partial charge in [0.05, 0.1) is 21.9 Å². The van der Waals surface area contributed by atoms with E-state index in [9.17, 15) is 4.79 Å². The Labute approximate surface area is 178 Å². The number of nitrogens with one attached hydrogen (secondary N) is 1. The number of aromatic nitrogens is 1. The van der Waals surface area contributed by atoms with Crippen LogP contribution in [0, 0.1) is 0 Å². The number of ether oxygens (including phenoxy) is 1. The number of benzene rings is 2. The summed E-state index contributed by atoms with van der Waals surface area (Å²) >= 11 is 11.8. The SMILES string of the molecule is Cl.Cl.Nc1ccc(Oc2ccc(NC(=O)c3ccc(Cl)c(Cl)c3)cn2)cc1. The second-order valence-electron chi connectivity index (χ2n) is 5.14. The molecule has 0 saturated carbocycles. The Balaban J connectivity index is 0.00000182. The standard InChI is InChI=1S/C18H13Cl2N3O2.2ClH/c19-15-7-1-11(9-16(15)20)18(24)23-13-4-8-17(22-10-13)25-14-5-2-12(21)3-6-14;;/h1-10H,21H2,(H,23,24);2*1H. The van der Waals surface area contributed by atoms with Crippen LogP contribution in [-0.2, 0) is 0 Å². The molecule has 3 rings (SSSR count). The van der Waals surface area contributed by atoms with E-state index in [1.54, 1.807) is 48.5 Å². The van der Waals surface area contributed by atoms with Gasteiger partial charge in [-0.05, 0) is 48.5 Å². The molecule has 27 heavy (non-hydrogen) atoms. The first-order chi connectivity index (χ1) is 12.0. The van der Waals surface area contributed by atoms with Gasteiger partial charge in [0, 0.05) is 17.3 Å². The van der Waals surface area contributed by atoms with Crippen LogP contribution in [0.2, 0.25) is 10.0 Å². The van der Waals surface area contributed by atoms with Gasteiger partial charge >= 0.3 is 0 Å². The minimum Gasteiger partial charge on any atom is -0.439 e. The summed E-state index contributed by atoms with van der Waals surface area (Å²) in [4.78, 5) is 16.4. The molecular formula is C18H15Cl4N3O2. The quantitative estimate of drug-likeness (QED) is 0.492. The first-order valence-electron chi connectivity index (χ1n) is 7.27. The highest BCUT2D eigenvalue weighted by Gasteiger charge is 2.09. The summed E-state index contributed by atoms with van der Waals surface area (Å²) in [5, 5.41) is 3.44. The first kappa shape index (κ1) is 22.9. The number of halogens is 4. The molecule has 3 aromatic rings. The Morgan fingerprint density at radius 3 is 2.26 bits per heavy atom. The number of pyridine rings is 1. The zero-order chi connectivity index (χ0) is 17.8. The van der Waals surface area contributed by atoms with Gasteiger partial charge in [-0.3, -0.25) is 4.79 Å². The van der Waals surface area contributed by atoms with E-state index in [1.807, 2.05) is 0 Å². The van der Waals surface area contributed by atoms with Gasteiger partial charge in [0.2, 0.25) is 5.88 Å². The van der Waals surface area contributed by atoms with E-state index in [4.69, 9.17) is 33.7 Å². The van der Waals surface area contributed by atoms with Crippen molar-refractivity contribution in [2.45, 2.75) is 0 Å².